The molecule has 1 heterocycles. The molecule has 0 spiro atoms. The fraction of sp³-hybridized carbons (Fsp3) is 0.417. The molecule has 2 rings (SSSR count). The molecule has 1 aliphatic heterocycles. The number of ketones is 1. The van der Waals surface area contributed by atoms with E-state index in [1.165, 1.54) is 0 Å². The van der Waals surface area contributed by atoms with E-state index in [4.69, 9.17) is 0 Å². The standard InChI is InChI=1S/C12H14OS/c13-12(10-4-2-1-3-5-10)11-6-8-14-9-7-11/h1-5,11H,6-9H2. The zero-order chi connectivity index (χ0) is 9.80. The lowest BCUT2D eigenvalue weighted by Gasteiger charge is -2.19. The summed E-state index contributed by atoms with van der Waals surface area (Å²) in [6, 6.07) is 9.66. The molecule has 1 aromatic carbocycles. The van der Waals surface area contributed by atoms with Crippen molar-refractivity contribution in [2.75, 3.05) is 11.5 Å². The first-order chi connectivity index (χ1) is 6.88. The average Bonchev–Trinajstić information content (AvgIpc) is 2.30. The molecule has 1 aliphatic rings. The van der Waals surface area contributed by atoms with E-state index >= 15 is 0 Å². The Morgan fingerprint density at radius 1 is 1.14 bits per heavy atom. The summed E-state index contributed by atoms with van der Waals surface area (Å²) in [4.78, 5) is 12.0. The minimum atomic E-state index is 0.277. The highest BCUT2D eigenvalue weighted by molar-refractivity contribution is 7.99. The van der Waals surface area contributed by atoms with Gasteiger partial charge in [0.15, 0.2) is 5.78 Å². The summed E-state index contributed by atoms with van der Waals surface area (Å²) < 4.78 is 0. The number of rotatable bonds is 2. The third-order valence-electron chi connectivity index (χ3n) is 2.65. The summed E-state index contributed by atoms with van der Waals surface area (Å²) in [7, 11) is 0. The Kier molecular flexibility index (Phi) is 3.25. The normalized spacial score (nSPS) is 18.0. The molecule has 0 bridgehead atoms. The van der Waals surface area contributed by atoms with Crippen molar-refractivity contribution in [1.29, 1.82) is 0 Å². The summed E-state index contributed by atoms with van der Waals surface area (Å²) in [5, 5.41) is 0. The second-order valence-electron chi connectivity index (χ2n) is 3.62. The molecule has 1 saturated heterocycles. The van der Waals surface area contributed by atoms with E-state index in [0.717, 1.165) is 29.9 Å². The Morgan fingerprint density at radius 3 is 2.43 bits per heavy atom. The summed E-state index contributed by atoms with van der Waals surface area (Å²) >= 11 is 1.96. The lowest BCUT2D eigenvalue weighted by Crippen LogP contribution is -2.19. The van der Waals surface area contributed by atoms with Gasteiger partial charge in [-0.25, -0.2) is 0 Å². The molecule has 1 aromatic rings. The van der Waals surface area contributed by atoms with Gasteiger partial charge in [0.1, 0.15) is 0 Å². The van der Waals surface area contributed by atoms with Gasteiger partial charge in [0.2, 0.25) is 0 Å². The van der Waals surface area contributed by atoms with Gasteiger partial charge >= 0.3 is 0 Å². The van der Waals surface area contributed by atoms with Crippen LogP contribution in [-0.4, -0.2) is 17.3 Å². The number of Topliss-reactive ketones (excluding diaryl/α,β-unsaturated/α-hetero) is 1. The van der Waals surface area contributed by atoms with Gasteiger partial charge in [0, 0.05) is 11.5 Å². The van der Waals surface area contributed by atoms with E-state index in [-0.39, 0.29) is 5.92 Å². The molecule has 1 fully saturated rings. The molecule has 0 unspecified atom stereocenters. The average molecular weight is 206 g/mol. The lowest BCUT2D eigenvalue weighted by atomic mass is 9.93. The fourth-order valence-corrected chi connectivity index (χ4v) is 2.90. The van der Waals surface area contributed by atoms with Gasteiger partial charge < -0.3 is 0 Å². The predicted octanol–water partition coefficient (Wildman–Crippen LogP) is 3.01. The molecule has 0 saturated carbocycles. The summed E-state index contributed by atoms with van der Waals surface area (Å²) in [6.45, 7) is 0. The summed E-state index contributed by atoms with van der Waals surface area (Å²) in [5.41, 5.74) is 0.879. The molecular weight excluding hydrogens is 192 g/mol. The molecule has 14 heavy (non-hydrogen) atoms. The first kappa shape index (κ1) is 9.78. The van der Waals surface area contributed by atoms with Crippen molar-refractivity contribution in [3.8, 4) is 0 Å². The maximum Gasteiger partial charge on any atom is 0.165 e. The van der Waals surface area contributed by atoms with Crippen molar-refractivity contribution >= 4 is 17.5 Å². The van der Waals surface area contributed by atoms with Gasteiger partial charge in [-0.2, -0.15) is 11.8 Å². The molecule has 0 amide bonds. The van der Waals surface area contributed by atoms with E-state index in [0.29, 0.717) is 5.78 Å². The number of hydrogen-bond donors (Lipinski definition) is 0. The van der Waals surface area contributed by atoms with E-state index in [1.54, 1.807) is 0 Å². The van der Waals surface area contributed by atoms with Crippen LogP contribution in [0.3, 0.4) is 0 Å². The number of carbonyl (C=O) groups excluding carboxylic acids is 1. The maximum absolute atomic E-state index is 12.0. The van der Waals surface area contributed by atoms with Crippen molar-refractivity contribution < 1.29 is 4.79 Å². The molecule has 0 radical (unpaired) electrons. The van der Waals surface area contributed by atoms with Crippen LogP contribution in [0.2, 0.25) is 0 Å². The van der Waals surface area contributed by atoms with Crippen molar-refractivity contribution in [2.24, 2.45) is 5.92 Å². The van der Waals surface area contributed by atoms with Gasteiger partial charge in [-0.05, 0) is 24.3 Å². The van der Waals surface area contributed by atoms with Crippen LogP contribution in [0.1, 0.15) is 23.2 Å². The van der Waals surface area contributed by atoms with Crippen molar-refractivity contribution in [2.45, 2.75) is 12.8 Å². The first-order valence-electron chi connectivity index (χ1n) is 5.05. The third-order valence-corrected chi connectivity index (χ3v) is 3.70. The van der Waals surface area contributed by atoms with Crippen LogP contribution >= 0.6 is 11.8 Å². The number of thioether (sulfide) groups is 1. The van der Waals surface area contributed by atoms with Crippen LogP contribution in [0.15, 0.2) is 30.3 Å². The van der Waals surface area contributed by atoms with Crippen LogP contribution in [0.25, 0.3) is 0 Å². The number of benzene rings is 1. The smallest absolute Gasteiger partial charge is 0.165 e. The highest BCUT2D eigenvalue weighted by Crippen LogP contribution is 2.25. The van der Waals surface area contributed by atoms with E-state index < -0.39 is 0 Å². The summed E-state index contributed by atoms with van der Waals surface area (Å²) in [5.74, 6) is 2.90. The maximum atomic E-state index is 12.0. The Morgan fingerprint density at radius 2 is 1.79 bits per heavy atom. The van der Waals surface area contributed by atoms with Gasteiger partial charge in [0.05, 0.1) is 0 Å². The highest BCUT2D eigenvalue weighted by atomic mass is 32.2. The van der Waals surface area contributed by atoms with Crippen LogP contribution in [0.4, 0.5) is 0 Å². The fourth-order valence-electron chi connectivity index (χ4n) is 1.80. The van der Waals surface area contributed by atoms with Gasteiger partial charge in [-0.3, -0.25) is 4.79 Å². The lowest BCUT2D eigenvalue weighted by molar-refractivity contribution is 0.0913. The van der Waals surface area contributed by atoms with E-state index in [9.17, 15) is 4.79 Å². The first-order valence-corrected chi connectivity index (χ1v) is 6.20. The van der Waals surface area contributed by atoms with E-state index in [2.05, 4.69) is 0 Å². The molecule has 2 heteroatoms. The van der Waals surface area contributed by atoms with Crippen LogP contribution in [0, 0.1) is 5.92 Å². The molecular formula is C12H14OS. The molecule has 0 aromatic heterocycles. The molecule has 1 nitrogen and oxygen atoms in total. The second kappa shape index (κ2) is 4.65. The SMILES string of the molecule is O=C(c1ccccc1)C1CCSCC1. The van der Waals surface area contributed by atoms with Crippen LogP contribution in [-0.2, 0) is 0 Å². The quantitative estimate of drug-likeness (QED) is 0.692. The zero-order valence-electron chi connectivity index (χ0n) is 8.11. The molecule has 74 valence electrons. The van der Waals surface area contributed by atoms with Gasteiger partial charge in [-0.1, -0.05) is 30.3 Å². The van der Waals surface area contributed by atoms with Gasteiger partial charge in [-0.15, -0.1) is 0 Å². The third kappa shape index (κ3) is 2.18. The molecule has 0 atom stereocenters. The van der Waals surface area contributed by atoms with Crippen molar-refractivity contribution in [3.63, 3.8) is 0 Å². The highest BCUT2D eigenvalue weighted by Gasteiger charge is 2.21. The molecule has 0 N–H and O–H groups in total. The Labute approximate surface area is 88.9 Å². The van der Waals surface area contributed by atoms with Gasteiger partial charge in [0.25, 0.3) is 0 Å². The van der Waals surface area contributed by atoms with Crippen LogP contribution < -0.4 is 0 Å². The monoisotopic (exact) mass is 206 g/mol. The molecule has 0 aliphatic carbocycles. The Hall–Kier alpha value is -0.760. The van der Waals surface area contributed by atoms with Crippen LogP contribution in [0.5, 0.6) is 0 Å². The Bertz CT molecular complexity index is 301. The second-order valence-corrected chi connectivity index (χ2v) is 4.84. The number of hydrogen-bond acceptors (Lipinski definition) is 2. The Balaban J connectivity index is 2.07. The minimum absolute atomic E-state index is 0.277. The predicted molar refractivity (Wildman–Crippen MR) is 60.8 cm³/mol. The van der Waals surface area contributed by atoms with Crippen molar-refractivity contribution in [1.82, 2.24) is 0 Å². The van der Waals surface area contributed by atoms with Crippen molar-refractivity contribution in [3.05, 3.63) is 35.9 Å². The summed E-state index contributed by atoms with van der Waals surface area (Å²) in [6.07, 6.45) is 2.11. The zero-order valence-corrected chi connectivity index (χ0v) is 8.93. The minimum Gasteiger partial charge on any atom is -0.294 e. The number of carbonyl (C=O) groups is 1. The topological polar surface area (TPSA) is 17.1 Å². The van der Waals surface area contributed by atoms with E-state index in [1.807, 2.05) is 42.1 Å². The largest absolute Gasteiger partial charge is 0.294 e.